The molecule has 0 saturated heterocycles. The van der Waals surface area contributed by atoms with Crippen LogP contribution in [0.3, 0.4) is 0 Å². The molecule has 0 rings (SSSR count). The second-order valence-corrected chi connectivity index (χ2v) is 23.4. The van der Waals surface area contributed by atoms with Gasteiger partial charge in [-0.05, 0) is 0 Å². The molecule has 13 heavy (non-hydrogen) atoms. The van der Waals surface area contributed by atoms with Crippen LogP contribution in [0.1, 0.15) is 0 Å². The van der Waals surface area contributed by atoms with Crippen molar-refractivity contribution in [2.24, 2.45) is 17.2 Å². The summed E-state index contributed by atoms with van der Waals surface area (Å²) in [6.07, 6.45) is 0. The molecule has 0 aliphatic rings. The van der Waals surface area contributed by atoms with E-state index in [1.165, 1.54) is 26.5 Å². The molecule has 0 spiro atoms. The molecule has 6 N–H and O–H groups in total. The molecule has 0 aromatic rings. The number of nitrogens with two attached hydrogens (primary N) is 3. The predicted molar refractivity (Wildman–Crippen MR) is 78.9 cm³/mol. The van der Waals surface area contributed by atoms with Gasteiger partial charge in [0.25, 0.3) is 0 Å². The Labute approximate surface area is 108 Å². The zero-order valence-corrected chi connectivity index (χ0v) is 13.6. The first-order chi connectivity index (χ1) is 5.91. The summed E-state index contributed by atoms with van der Waals surface area (Å²) < 4.78 is 1.20. The van der Waals surface area contributed by atoms with Crippen molar-refractivity contribution in [2.75, 3.05) is 0 Å². The third kappa shape index (κ3) is 9.83. The van der Waals surface area contributed by atoms with Crippen LogP contribution in [-0.2, 0) is 0 Å². The average Bonchev–Trinajstić information content (AvgIpc) is 1.80. The fraction of sp³-hybridized carbons (Fsp3) is 0. The number of hydrogen-bond acceptors (Lipinski definition) is 6. The van der Waals surface area contributed by atoms with Gasteiger partial charge in [-0.25, -0.2) is 0 Å². The third-order valence-electron chi connectivity index (χ3n) is 0.494. The molecule has 10 heteroatoms. The van der Waals surface area contributed by atoms with Gasteiger partial charge in [-0.15, -0.1) is 0 Å². The maximum absolute atomic E-state index is 5.39. The van der Waals surface area contributed by atoms with Crippen molar-refractivity contribution in [1.29, 1.82) is 0 Å². The van der Waals surface area contributed by atoms with E-state index in [1.54, 1.807) is 0 Å². The minimum absolute atomic E-state index is 0.399. The van der Waals surface area contributed by atoms with E-state index in [-0.39, 0.29) is 0 Å². The van der Waals surface area contributed by atoms with Gasteiger partial charge in [0.15, 0.2) is 0 Å². The van der Waals surface area contributed by atoms with Crippen LogP contribution in [0.15, 0.2) is 0 Å². The van der Waals surface area contributed by atoms with Crippen LogP contribution in [0, 0.1) is 0 Å². The first kappa shape index (κ1) is 14.5. The van der Waals surface area contributed by atoms with Crippen molar-refractivity contribution in [3.8, 4) is 0 Å². The molecule has 74 valence electrons. The van der Waals surface area contributed by atoms with Crippen molar-refractivity contribution in [3.05, 3.63) is 0 Å². The SMILES string of the molecule is NC(=S)[S][Sb]([S]C(N)=S)[S]C(N)=S. The summed E-state index contributed by atoms with van der Waals surface area (Å²) in [6.45, 7) is 0. The molecule has 0 saturated carbocycles. The zero-order valence-electron chi connectivity index (χ0n) is 6.13. The van der Waals surface area contributed by atoms with E-state index in [2.05, 4.69) is 0 Å². The second kappa shape index (κ2) is 7.78. The fourth-order valence-electron chi connectivity index (χ4n) is 0.276. The number of rotatable bonds is 3. The first-order valence-electron chi connectivity index (χ1n) is 2.64. The van der Waals surface area contributed by atoms with Crippen LogP contribution in [0.5, 0.6) is 0 Å². The van der Waals surface area contributed by atoms with E-state index in [0.717, 1.165) is 0 Å². The predicted octanol–water partition coefficient (Wildman–Crippen LogP) is 0.902. The molecule has 0 heterocycles. The van der Waals surface area contributed by atoms with Crippen molar-refractivity contribution < 1.29 is 0 Å². The van der Waals surface area contributed by atoms with Crippen LogP contribution in [0.2, 0.25) is 0 Å². The van der Waals surface area contributed by atoms with E-state index in [0.29, 0.717) is 13.0 Å². The van der Waals surface area contributed by atoms with Crippen LogP contribution in [0.25, 0.3) is 0 Å². The summed E-state index contributed by atoms with van der Waals surface area (Å²) in [5.41, 5.74) is 16.2. The standard InChI is InChI=1S/3CH3NS2.Sb/c3*2-1(3)4;/h3*(H3,2,3,4);/q;;;+3/p-3. The molecule has 0 radical (unpaired) electrons. The molecule has 0 aromatic carbocycles. The van der Waals surface area contributed by atoms with E-state index in [9.17, 15) is 0 Å². The number of hydrogen-bond donors (Lipinski definition) is 3. The van der Waals surface area contributed by atoms with Gasteiger partial charge in [-0.1, -0.05) is 0 Å². The van der Waals surface area contributed by atoms with E-state index >= 15 is 0 Å². The molecule has 0 fully saturated rings. The molecule has 3 nitrogen and oxygen atoms in total. The summed E-state index contributed by atoms with van der Waals surface area (Å²) in [4.78, 5) is 0. The topological polar surface area (TPSA) is 78.1 Å². The van der Waals surface area contributed by atoms with Crippen molar-refractivity contribution in [2.45, 2.75) is 0 Å². The second-order valence-electron chi connectivity index (χ2n) is 1.45. The summed E-state index contributed by atoms with van der Waals surface area (Å²) >= 11 is 12.4. The quantitative estimate of drug-likeness (QED) is 0.475. The van der Waals surface area contributed by atoms with Crippen LogP contribution in [-0.4, -0.2) is 29.0 Å². The molecule has 0 unspecified atom stereocenters. The van der Waals surface area contributed by atoms with Gasteiger partial charge >= 0.3 is 109 Å². The molecule has 0 bridgehead atoms. The fourth-order valence-corrected chi connectivity index (χ4v) is 27.7. The summed E-state index contributed by atoms with van der Waals surface area (Å²) in [5, 5.41) is 0. The first-order valence-corrected chi connectivity index (χ1v) is 15.6. The van der Waals surface area contributed by atoms with E-state index in [1.807, 2.05) is 0 Å². The van der Waals surface area contributed by atoms with Crippen molar-refractivity contribution >= 4 is 92.2 Å². The Hall–Kier alpha value is 1.54. The third-order valence-corrected chi connectivity index (χ3v) is 23.4. The molecule has 0 atom stereocenters. The zero-order chi connectivity index (χ0) is 10.4. The van der Waals surface area contributed by atoms with Gasteiger partial charge in [0.1, 0.15) is 0 Å². The van der Waals surface area contributed by atoms with Gasteiger partial charge < -0.3 is 0 Å². The molecular weight excluding hydrogens is 392 g/mol. The van der Waals surface area contributed by atoms with Crippen LogP contribution >= 0.6 is 63.2 Å². The molecule has 0 aromatic heterocycles. The normalized spacial score (nSPS) is 9.92. The molecular formula is C3H6N3S6Sb. The van der Waals surface area contributed by atoms with Gasteiger partial charge in [0.05, 0.1) is 0 Å². The Bertz CT molecular complexity index is 193. The van der Waals surface area contributed by atoms with Gasteiger partial charge in [0, 0.05) is 0 Å². The summed E-state index contributed by atoms with van der Waals surface area (Å²) in [7, 11) is 4.32. The minimum atomic E-state index is -1.89. The molecule has 0 amide bonds. The van der Waals surface area contributed by atoms with Crippen LogP contribution < -0.4 is 17.2 Å². The van der Waals surface area contributed by atoms with Gasteiger partial charge in [0.2, 0.25) is 0 Å². The average molecular weight is 398 g/mol. The van der Waals surface area contributed by atoms with Gasteiger partial charge in [-0.3, -0.25) is 0 Å². The monoisotopic (exact) mass is 397 g/mol. The van der Waals surface area contributed by atoms with E-state index < -0.39 is 16.0 Å². The van der Waals surface area contributed by atoms with E-state index in [4.69, 9.17) is 53.9 Å². The molecule has 0 aliphatic carbocycles. The Kier molecular flexibility index (Phi) is 8.70. The Morgan fingerprint density at radius 1 is 0.769 bits per heavy atom. The van der Waals surface area contributed by atoms with Gasteiger partial charge in [-0.2, -0.15) is 0 Å². The number of thiocarbonyl (C=S) groups is 3. The maximum atomic E-state index is 5.39. The Balaban J connectivity index is 4.10. The van der Waals surface area contributed by atoms with Crippen LogP contribution in [0.4, 0.5) is 0 Å². The van der Waals surface area contributed by atoms with Crippen molar-refractivity contribution in [3.63, 3.8) is 0 Å². The summed E-state index contributed by atoms with van der Waals surface area (Å²) in [5.74, 6) is 0. The van der Waals surface area contributed by atoms with Crippen molar-refractivity contribution in [1.82, 2.24) is 0 Å². The molecule has 0 aliphatic heterocycles. The Morgan fingerprint density at radius 2 is 1.00 bits per heavy atom. The Morgan fingerprint density at radius 3 is 1.15 bits per heavy atom. The summed E-state index contributed by atoms with van der Waals surface area (Å²) in [6, 6.07) is 0.